The van der Waals surface area contributed by atoms with E-state index in [1.54, 1.807) is 6.92 Å². The summed E-state index contributed by atoms with van der Waals surface area (Å²) in [6, 6.07) is 4.11. The maximum atomic E-state index is 11.7. The molecular weight excluding hydrogens is 240 g/mol. The van der Waals surface area contributed by atoms with Crippen LogP contribution < -0.4 is 5.32 Å². The van der Waals surface area contributed by atoms with E-state index in [-0.39, 0.29) is 17.7 Å². The molecule has 7 heteroatoms. The Morgan fingerprint density at radius 1 is 1.50 bits per heavy atom. The molecule has 1 amide bonds. The highest BCUT2D eigenvalue weighted by atomic mass is 16.6. The van der Waals surface area contributed by atoms with Gasteiger partial charge in [-0.05, 0) is 12.5 Å². The topological polar surface area (TPSA) is 110 Å². The van der Waals surface area contributed by atoms with Crippen molar-refractivity contribution in [2.24, 2.45) is 0 Å². The van der Waals surface area contributed by atoms with Gasteiger partial charge in [-0.15, -0.1) is 0 Å². The quantitative estimate of drug-likeness (QED) is 0.604. The Bertz CT molecular complexity index is 486. The number of carboxylic acid groups (broad SMARTS) is 1. The Labute approximate surface area is 103 Å². The number of nitro groups is 1. The van der Waals surface area contributed by atoms with Crippen LogP contribution in [0.5, 0.6) is 0 Å². The molecule has 0 aliphatic heterocycles. The van der Waals surface area contributed by atoms with Crippen molar-refractivity contribution in [3.8, 4) is 0 Å². The first-order chi connectivity index (χ1) is 8.45. The second kappa shape index (κ2) is 5.76. The van der Waals surface area contributed by atoms with Crippen LogP contribution in [0.15, 0.2) is 24.3 Å². The van der Waals surface area contributed by atoms with E-state index in [0.29, 0.717) is 0 Å². The average Bonchev–Trinajstić information content (AvgIpc) is 2.35. The number of carbonyl (C=O) groups is 2. The second-order valence-electron chi connectivity index (χ2n) is 3.58. The molecule has 0 spiro atoms. The lowest BCUT2D eigenvalue weighted by molar-refractivity contribution is -0.384. The van der Waals surface area contributed by atoms with Gasteiger partial charge in [0.15, 0.2) is 0 Å². The van der Waals surface area contributed by atoms with Crippen molar-refractivity contribution in [2.45, 2.75) is 19.4 Å². The number of aliphatic carboxylic acids is 1. The SMILES string of the molecule is CC[C@H](NC(=O)c1cccc([N+](=O)[O-])c1)C(=O)O. The molecule has 0 aromatic heterocycles. The number of non-ortho nitro benzene ring substituents is 1. The lowest BCUT2D eigenvalue weighted by Gasteiger charge is -2.11. The van der Waals surface area contributed by atoms with Crippen molar-refractivity contribution in [2.75, 3.05) is 0 Å². The molecule has 0 saturated heterocycles. The normalized spacial score (nSPS) is 11.6. The van der Waals surface area contributed by atoms with Crippen LogP contribution in [-0.2, 0) is 4.79 Å². The summed E-state index contributed by atoms with van der Waals surface area (Å²) in [5.41, 5.74) is -0.157. The number of nitro benzene ring substituents is 1. The molecule has 1 aromatic carbocycles. The first-order valence-corrected chi connectivity index (χ1v) is 5.23. The zero-order valence-electron chi connectivity index (χ0n) is 9.62. The van der Waals surface area contributed by atoms with Crippen LogP contribution in [0, 0.1) is 10.1 Å². The molecule has 18 heavy (non-hydrogen) atoms. The minimum absolute atomic E-state index is 0.0592. The molecule has 1 atom stereocenters. The van der Waals surface area contributed by atoms with E-state index in [4.69, 9.17) is 5.11 Å². The van der Waals surface area contributed by atoms with Gasteiger partial charge in [-0.25, -0.2) is 4.79 Å². The van der Waals surface area contributed by atoms with Gasteiger partial charge >= 0.3 is 5.97 Å². The van der Waals surface area contributed by atoms with Crippen LogP contribution in [0.1, 0.15) is 23.7 Å². The minimum Gasteiger partial charge on any atom is -0.480 e. The van der Waals surface area contributed by atoms with Crippen LogP contribution in [0.2, 0.25) is 0 Å². The molecule has 7 nitrogen and oxygen atoms in total. The summed E-state index contributed by atoms with van der Waals surface area (Å²) in [6.07, 6.45) is 0.232. The van der Waals surface area contributed by atoms with Crippen LogP contribution in [0.4, 0.5) is 5.69 Å². The first kappa shape index (κ1) is 13.6. The standard InChI is InChI=1S/C11H12N2O5/c1-2-9(11(15)16)12-10(14)7-4-3-5-8(6-7)13(17)18/h3-6,9H,2H2,1H3,(H,12,14)(H,15,16)/t9-/m0/s1. The average molecular weight is 252 g/mol. The molecule has 0 saturated carbocycles. The van der Waals surface area contributed by atoms with Gasteiger partial charge in [-0.1, -0.05) is 13.0 Å². The monoisotopic (exact) mass is 252 g/mol. The highest BCUT2D eigenvalue weighted by Gasteiger charge is 2.19. The number of carboxylic acids is 1. The van der Waals surface area contributed by atoms with Crippen LogP contribution >= 0.6 is 0 Å². The molecule has 2 N–H and O–H groups in total. The van der Waals surface area contributed by atoms with Gasteiger partial charge in [0.05, 0.1) is 4.92 Å². The maximum absolute atomic E-state index is 11.7. The molecule has 1 aromatic rings. The Hall–Kier alpha value is -2.44. The van der Waals surface area contributed by atoms with E-state index in [0.717, 1.165) is 6.07 Å². The lowest BCUT2D eigenvalue weighted by atomic mass is 10.1. The fourth-order valence-corrected chi connectivity index (χ4v) is 1.34. The summed E-state index contributed by atoms with van der Waals surface area (Å²) >= 11 is 0. The third-order valence-corrected chi connectivity index (χ3v) is 2.33. The summed E-state index contributed by atoms with van der Waals surface area (Å²) in [7, 11) is 0. The van der Waals surface area contributed by atoms with Gasteiger partial charge in [0, 0.05) is 17.7 Å². The number of hydrogen-bond donors (Lipinski definition) is 2. The Balaban J connectivity index is 2.87. The minimum atomic E-state index is -1.14. The zero-order valence-corrected chi connectivity index (χ0v) is 9.62. The highest BCUT2D eigenvalue weighted by molar-refractivity contribution is 5.97. The molecule has 0 fully saturated rings. The molecule has 0 aliphatic rings. The van der Waals surface area contributed by atoms with Gasteiger partial charge in [0.25, 0.3) is 11.6 Å². The molecule has 0 bridgehead atoms. The van der Waals surface area contributed by atoms with Gasteiger partial charge in [-0.2, -0.15) is 0 Å². The van der Waals surface area contributed by atoms with Crippen LogP contribution in [0.3, 0.4) is 0 Å². The second-order valence-corrected chi connectivity index (χ2v) is 3.58. The van der Waals surface area contributed by atoms with Gasteiger partial charge < -0.3 is 10.4 Å². The van der Waals surface area contributed by atoms with E-state index in [9.17, 15) is 19.7 Å². The summed E-state index contributed by atoms with van der Waals surface area (Å²) in [5, 5.41) is 21.6. The van der Waals surface area contributed by atoms with Gasteiger partial charge in [-0.3, -0.25) is 14.9 Å². The predicted octanol–water partition coefficient (Wildman–Crippen LogP) is 1.19. The van der Waals surface area contributed by atoms with E-state index < -0.39 is 22.8 Å². The predicted molar refractivity (Wildman–Crippen MR) is 62.3 cm³/mol. The van der Waals surface area contributed by atoms with Crippen molar-refractivity contribution in [3.63, 3.8) is 0 Å². The maximum Gasteiger partial charge on any atom is 0.326 e. The van der Waals surface area contributed by atoms with Crippen molar-refractivity contribution in [1.29, 1.82) is 0 Å². The van der Waals surface area contributed by atoms with E-state index in [1.165, 1.54) is 18.2 Å². The van der Waals surface area contributed by atoms with Crippen molar-refractivity contribution in [3.05, 3.63) is 39.9 Å². The van der Waals surface area contributed by atoms with E-state index in [2.05, 4.69) is 5.32 Å². The summed E-state index contributed by atoms with van der Waals surface area (Å²) in [5.74, 6) is -1.79. The summed E-state index contributed by atoms with van der Waals surface area (Å²) < 4.78 is 0. The summed E-state index contributed by atoms with van der Waals surface area (Å²) in [6.45, 7) is 1.62. The third-order valence-electron chi connectivity index (χ3n) is 2.33. The zero-order chi connectivity index (χ0) is 13.7. The van der Waals surface area contributed by atoms with Crippen molar-refractivity contribution >= 4 is 17.6 Å². The molecule has 0 unspecified atom stereocenters. The van der Waals surface area contributed by atoms with Crippen molar-refractivity contribution in [1.82, 2.24) is 5.32 Å². The van der Waals surface area contributed by atoms with E-state index >= 15 is 0 Å². The first-order valence-electron chi connectivity index (χ1n) is 5.23. The lowest BCUT2D eigenvalue weighted by Crippen LogP contribution is -2.40. The molecule has 96 valence electrons. The fourth-order valence-electron chi connectivity index (χ4n) is 1.34. The number of carbonyl (C=O) groups excluding carboxylic acids is 1. The number of nitrogens with one attached hydrogen (secondary N) is 1. The van der Waals surface area contributed by atoms with E-state index in [1.807, 2.05) is 0 Å². The van der Waals surface area contributed by atoms with Gasteiger partial charge in [0.2, 0.25) is 0 Å². The Kier molecular flexibility index (Phi) is 4.36. The number of rotatable bonds is 5. The van der Waals surface area contributed by atoms with Crippen LogP contribution in [0.25, 0.3) is 0 Å². The molecule has 0 heterocycles. The number of benzene rings is 1. The molecule has 0 radical (unpaired) electrons. The third kappa shape index (κ3) is 3.27. The van der Waals surface area contributed by atoms with Crippen LogP contribution in [-0.4, -0.2) is 27.9 Å². The summed E-state index contributed by atoms with van der Waals surface area (Å²) in [4.78, 5) is 32.4. The molecule has 1 rings (SSSR count). The number of hydrogen-bond acceptors (Lipinski definition) is 4. The largest absolute Gasteiger partial charge is 0.480 e. The van der Waals surface area contributed by atoms with Gasteiger partial charge in [0.1, 0.15) is 6.04 Å². The molecular formula is C11H12N2O5. The Morgan fingerprint density at radius 2 is 2.17 bits per heavy atom. The Morgan fingerprint density at radius 3 is 2.67 bits per heavy atom. The number of amides is 1. The number of nitrogens with zero attached hydrogens (tertiary/aromatic N) is 1. The van der Waals surface area contributed by atoms with Crippen molar-refractivity contribution < 1.29 is 19.6 Å². The highest BCUT2D eigenvalue weighted by Crippen LogP contribution is 2.13. The molecule has 0 aliphatic carbocycles. The fraction of sp³-hybridized carbons (Fsp3) is 0.273. The smallest absolute Gasteiger partial charge is 0.326 e.